The van der Waals surface area contributed by atoms with Gasteiger partial charge in [0, 0.05) is 39.1 Å². The van der Waals surface area contributed by atoms with Crippen molar-refractivity contribution in [1.29, 1.82) is 0 Å². The molecule has 2 aromatic carbocycles. The van der Waals surface area contributed by atoms with Gasteiger partial charge in [0.1, 0.15) is 31.7 Å². The third-order valence-electron chi connectivity index (χ3n) is 6.67. The van der Waals surface area contributed by atoms with Crippen molar-refractivity contribution in [3.63, 3.8) is 0 Å². The maximum absolute atomic E-state index is 13.1. The predicted molar refractivity (Wildman–Crippen MR) is 163 cm³/mol. The van der Waals surface area contributed by atoms with Crippen molar-refractivity contribution < 1.29 is 29.0 Å². The van der Waals surface area contributed by atoms with E-state index in [0.717, 1.165) is 28.6 Å². The Labute approximate surface area is 256 Å². The molecule has 232 valence electrons. The third kappa shape index (κ3) is 9.95. The SMILES string of the molecule is C[Si](C)(C)CCOCn1ccnc1-c1cccc(Cc2nnnn2CC(=O)C(CC(=O)O)NC(=O)OCc2ccccc2)c1. The number of alkyl carbamates (subject to hydrolysis) is 1. The molecule has 14 heteroatoms. The van der Waals surface area contributed by atoms with Crippen LogP contribution in [-0.2, 0) is 45.4 Å². The smallest absolute Gasteiger partial charge is 0.408 e. The van der Waals surface area contributed by atoms with Gasteiger partial charge in [-0.2, -0.15) is 0 Å². The highest BCUT2D eigenvalue weighted by Crippen LogP contribution is 2.21. The number of carbonyl (C=O) groups excluding carboxylic acids is 2. The molecule has 0 aliphatic carbocycles. The number of amides is 1. The number of tetrazole rings is 1. The average molecular weight is 620 g/mol. The Kier molecular flexibility index (Phi) is 11.1. The van der Waals surface area contributed by atoms with Gasteiger partial charge in [-0.05, 0) is 33.7 Å². The van der Waals surface area contributed by atoms with Gasteiger partial charge in [-0.1, -0.05) is 68.2 Å². The molecule has 0 bridgehead atoms. The van der Waals surface area contributed by atoms with E-state index in [-0.39, 0.29) is 13.2 Å². The van der Waals surface area contributed by atoms with Crippen LogP contribution in [0.25, 0.3) is 11.4 Å². The van der Waals surface area contributed by atoms with Crippen LogP contribution in [0.1, 0.15) is 23.4 Å². The maximum Gasteiger partial charge on any atom is 0.408 e. The Morgan fingerprint density at radius 3 is 2.57 bits per heavy atom. The molecule has 0 aliphatic heterocycles. The summed E-state index contributed by atoms with van der Waals surface area (Å²) in [5.41, 5.74) is 2.52. The zero-order valence-corrected chi connectivity index (χ0v) is 26.0. The minimum absolute atomic E-state index is 0.0251. The lowest BCUT2D eigenvalue weighted by atomic mass is 10.1. The van der Waals surface area contributed by atoms with Crippen molar-refractivity contribution in [2.24, 2.45) is 0 Å². The summed E-state index contributed by atoms with van der Waals surface area (Å²) in [5.74, 6) is -0.673. The van der Waals surface area contributed by atoms with Crippen LogP contribution in [0.5, 0.6) is 0 Å². The van der Waals surface area contributed by atoms with Gasteiger partial charge in [-0.25, -0.2) is 14.5 Å². The van der Waals surface area contributed by atoms with E-state index in [1.807, 2.05) is 41.1 Å². The van der Waals surface area contributed by atoms with Crippen molar-refractivity contribution in [3.05, 3.63) is 83.9 Å². The topological polar surface area (TPSA) is 163 Å². The molecule has 4 rings (SSSR count). The van der Waals surface area contributed by atoms with Gasteiger partial charge in [0.15, 0.2) is 11.6 Å². The molecule has 2 aromatic heterocycles. The van der Waals surface area contributed by atoms with Crippen molar-refractivity contribution in [1.82, 2.24) is 35.1 Å². The molecule has 0 saturated carbocycles. The first kappa shape index (κ1) is 32.2. The van der Waals surface area contributed by atoms with E-state index in [9.17, 15) is 19.5 Å². The molecule has 2 N–H and O–H groups in total. The summed E-state index contributed by atoms with van der Waals surface area (Å²) < 4.78 is 14.3. The first-order valence-electron chi connectivity index (χ1n) is 14.2. The summed E-state index contributed by atoms with van der Waals surface area (Å²) in [4.78, 5) is 41.4. The number of ketones is 1. The molecule has 1 atom stereocenters. The quantitative estimate of drug-likeness (QED) is 0.139. The number of carboxylic acid groups (broad SMARTS) is 1. The van der Waals surface area contributed by atoms with Crippen LogP contribution >= 0.6 is 0 Å². The Hall–Kier alpha value is -4.69. The average Bonchev–Trinajstić information content (AvgIpc) is 3.63. The van der Waals surface area contributed by atoms with E-state index in [0.29, 0.717) is 25.6 Å². The number of hydrogen-bond acceptors (Lipinski definition) is 9. The lowest BCUT2D eigenvalue weighted by Crippen LogP contribution is -2.44. The number of hydrogen-bond donors (Lipinski definition) is 2. The Morgan fingerprint density at radius 1 is 1.05 bits per heavy atom. The molecule has 1 amide bonds. The molecule has 0 spiro atoms. The second-order valence-corrected chi connectivity index (χ2v) is 17.1. The van der Waals surface area contributed by atoms with E-state index in [2.05, 4.69) is 45.5 Å². The number of ether oxygens (including phenoxy) is 2. The number of aliphatic carboxylic acids is 1. The molecule has 2 heterocycles. The fraction of sp³-hybridized carbons (Fsp3) is 0.367. The number of nitrogens with zero attached hydrogens (tertiary/aromatic N) is 6. The van der Waals surface area contributed by atoms with Gasteiger partial charge in [0.05, 0.1) is 6.42 Å². The lowest BCUT2D eigenvalue weighted by Gasteiger charge is -2.16. The number of imidazole rings is 1. The van der Waals surface area contributed by atoms with Crippen molar-refractivity contribution in [2.45, 2.75) is 64.5 Å². The number of benzene rings is 2. The second-order valence-electron chi connectivity index (χ2n) is 11.5. The van der Waals surface area contributed by atoms with E-state index >= 15 is 0 Å². The van der Waals surface area contributed by atoms with Gasteiger partial charge in [0.2, 0.25) is 0 Å². The van der Waals surface area contributed by atoms with Crippen molar-refractivity contribution >= 4 is 25.9 Å². The lowest BCUT2D eigenvalue weighted by molar-refractivity contribution is -0.139. The van der Waals surface area contributed by atoms with Gasteiger partial charge in [-0.3, -0.25) is 9.59 Å². The van der Waals surface area contributed by atoms with E-state index < -0.39 is 38.4 Å². The van der Waals surface area contributed by atoms with Crippen LogP contribution in [0, 0.1) is 0 Å². The highest BCUT2D eigenvalue weighted by Gasteiger charge is 2.26. The van der Waals surface area contributed by atoms with Gasteiger partial charge < -0.3 is 24.5 Å². The highest BCUT2D eigenvalue weighted by atomic mass is 28.3. The van der Waals surface area contributed by atoms with E-state index in [1.165, 1.54) is 4.68 Å². The monoisotopic (exact) mass is 619 g/mol. The van der Waals surface area contributed by atoms with Crippen molar-refractivity contribution in [3.8, 4) is 11.4 Å². The predicted octanol–water partition coefficient (Wildman–Crippen LogP) is 3.78. The summed E-state index contributed by atoms with van der Waals surface area (Å²) in [5, 5.41) is 23.4. The molecule has 0 radical (unpaired) electrons. The largest absolute Gasteiger partial charge is 0.481 e. The summed E-state index contributed by atoms with van der Waals surface area (Å²) in [6.07, 6.45) is 2.39. The van der Waals surface area contributed by atoms with Gasteiger partial charge in [0.25, 0.3) is 0 Å². The number of nitrogens with one attached hydrogen (secondary N) is 1. The number of rotatable bonds is 16. The van der Waals surface area contributed by atoms with Gasteiger partial charge in [-0.15, -0.1) is 5.10 Å². The number of Topliss-reactive ketones (excluding diaryl/α,β-unsaturated/α-hetero) is 1. The van der Waals surface area contributed by atoms with Crippen LogP contribution in [0.2, 0.25) is 25.7 Å². The fourth-order valence-corrected chi connectivity index (χ4v) is 5.03. The zero-order chi connectivity index (χ0) is 31.5. The molecule has 0 saturated heterocycles. The first-order valence-corrected chi connectivity index (χ1v) is 17.9. The fourth-order valence-electron chi connectivity index (χ4n) is 4.28. The van der Waals surface area contributed by atoms with Crippen LogP contribution in [0.4, 0.5) is 4.79 Å². The molecular formula is C30H37N7O6Si. The summed E-state index contributed by atoms with van der Waals surface area (Å²) >= 11 is 0. The first-order chi connectivity index (χ1) is 21.1. The van der Waals surface area contributed by atoms with Crippen LogP contribution in [0.15, 0.2) is 67.0 Å². The number of carbonyl (C=O) groups is 3. The molecule has 4 aromatic rings. The summed E-state index contributed by atoms with van der Waals surface area (Å²) in [6, 6.07) is 16.5. The number of carboxylic acids is 1. The molecule has 44 heavy (non-hydrogen) atoms. The highest BCUT2D eigenvalue weighted by molar-refractivity contribution is 6.76. The van der Waals surface area contributed by atoms with E-state index in [1.54, 1.807) is 30.5 Å². The molecule has 0 fully saturated rings. The summed E-state index contributed by atoms with van der Waals surface area (Å²) in [6.45, 7) is 7.67. The van der Waals surface area contributed by atoms with Gasteiger partial charge >= 0.3 is 12.1 Å². The molecule has 0 aliphatic rings. The standard InChI is InChI=1S/C30H37N7O6Si/c1-44(2,3)15-14-42-21-36-13-12-31-29(36)24-11-7-10-23(16-24)17-27-33-34-35-37(27)19-26(38)25(18-28(39)40)32-30(41)43-20-22-8-5-4-6-9-22/h4-13,16,25H,14-15,17-21H2,1-3H3,(H,32,41)(H,39,40). The van der Waals surface area contributed by atoms with Crippen LogP contribution < -0.4 is 5.32 Å². The van der Waals surface area contributed by atoms with E-state index in [4.69, 9.17) is 9.47 Å². The Balaban J connectivity index is 1.38. The summed E-state index contributed by atoms with van der Waals surface area (Å²) in [7, 11) is -1.19. The van der Waals surface area contributed by atoms with Crippen molar-refractivity contribution in [2.75, 3.05) is 6.61 Å². The van der Waals surface area contributed by atoms with Crippen LogP contribution in [-0.4, -0.2) is 73.4 Å². The Bertz CT molecular complexity index is 1550. The Morgan fingerprint density at radius 2 is 1.82 bits per heavy atom. The molecular weight excluding hydrogens is 582 g/mol. The minimum Gasteiger partial charge on any atom is -0.481 e. The molecule has 1 unspecified atom stereocenters. The minimum atomic E-state index is -1.33. The number of aromatic nitrogens is 6. The maximum atomic E-state index is 13.1. The normalized spacial score (nSPS) is 12.1. The third-order valence-corrected chi connectivity index (χ3v) is 8.38. The zero-order valence-electron chi connectivity index (χ0n) is 25.0. The van der Waals surface area contributed by atoms with Crippen LogP contribution in [0.3, 0.4) is 0 Å². The second kappa shape index (κ2) is 15.2. The molecule has 13 nitrogen and oxygen atoms in total.